The van der Waals surface area contributed by atoms with Gasteiger partial charge in [0.25, 0.3) is 0 Å². The summed E-state index contributed by atoms with van der Waals surface area (Å²) in [5.41, 5.74) is 3.17. The standard InChI is InChI=1S/C16H16N2O/c1-13(19)18-16-7-5-14(6-8-16)3-2-4-15-9-11-17-12-10-15/h2-3,5-12H,4H2,1H3,(H,18,19). The van der Waals surface area contributed by atoms with Gasteiger partial charge < -0.3 is 5.32 Å². The molecule has 1 heterocycles. The molecule has 0 radical (unpaired) electrons. The highest BCUT2D eigenvalue weighted by molar-refractivity contribution is 5.88. The van der Waals surface area contributed by atoms with E-state index in [1.165, 1.54) is 12.5 Å². The van der Waals surface area contributed by atoms with Gasteiger partial charge in [0.1, 0.15) is 0 Å². The Morgan fingerprint density at radius 3 is 2.47 bits per heavy atom. The number of hydrogen-bond acceptors (Lipinski definition) is 2. The van der Waals surface area contributed by atoms with Gasteiger partial charge in [-0.2, -0.15) is 0 Å². The van der Waals surface area contributed by atoms with Gasteiger partial charge in [0.2, 0.25) is 5.91 Å². The molecule has 0 aliphatic heterocycles. The summed E-state index contributed by atoms with van der Waals surface area (Å²) in [6.07, 6.45) is 8.66. The molecule has 0 aliphatic carbocycles. The Kier molecular flexibility index (Phi) is 4.45. The fraction of sp³-hybridized carbons (Fsp3) is 0.125. The van der Waals surface area contributed by atoms with Crippen LogP contribution in [0.4, 0.5) is 5.69 Å². The molecule has 0 saturated carbocycles. The fourth-order valence-electron chi connectivity index (χ4n) is 1.73. The van der Waals surface area contributed by atoms with E-state index in [0.717, 1.165) is 17.7 Å². The molecule has 0 saturated heterocycles. The number of anilines is 1. The highest BCUT2D eigenvalue weighted by Gasteiger charge is 1.94. The van der Waals surface area contributed by atoms with Crippen LogP contribution in [-0.2, 0) is 11.2 Å². The Morgan fingerprint density at radius 1 is 1.16 bits per heavy atom. The number of pyridine rings is 1. The van der Waals surface area contributed by atoms with Crippen LogP contribution in [0.25, 0.3) is 6.08 Å². The second-order valence-corrected chi connectivity index (χ2v) is 4.27. The van der Waals surface area contributed by atoms with Crippen LogP contribution in [0.2, 0.25) is 0 Å². The SMILES string of the molecule is CC(=O)Nc1ccc(C=CCc2ccncc2)cc1. The third-order valence-corrected chi connectivity index (χ3v) is 2.64. The first-order valence-electron chi connectivity index (χ1n) is 6.17. The van der Waals surface area contributed by atoms with Gasteiger partial charge in [-0.15, -0.1) is 0 Å². The summed E-state index contributed by atoms with van der Waals surface area (Å²) in [4.78, 5) is 14.9. The van der Waals surface area contributed by atoms with E-state index in [0.29, 0.717) is 0 Å². The van der Waals surface area contributed by atoms with Crippen LogP contribution < -0.4 is 5.32 Å². The molecule has 3 nitrogen and oxygen atoms in total. The maximum absolute atomic E-state index is 10.9. The maximum atomic E-state index is 10.9. The molecule has 0 bridgehead atoms. The number of nitrogens with zero attached hydrogens (tertiary/aromatic N) is 1. The van der Waals surface area contributed by atoms with Crippen molar-refractivity contribution in [3.63, 3.8) is 0 Å². The second-order valence-electron chi connectivity index (χ2n) is 4.27. The summed E-state index contributed by atoms with van der Waals surface area (Å²) in [5.74, 6) is -0.0546. The molecule has 3 heteroatoms. The van der Waals surface area contributed by atoms with Crippen molar-refractivity contribution in [2.45, 2.75) is 13.3 Å². The van der Waals surface area contributed by atoms with Crippen LogP contribution in [0.3, 0.4) is 0 Å². The first-order chi connectivity index (χ1) is 9.24. The molecule has 1 aromatic carbocycles. The van der Waals surface area contributed by atoms with Gasteiger partial charge in [0, 0.05) is 25.0 Å². The molecule has 1 N–H and O–H groups in total. The highest BCUT2D eigenvalue weighted by Crippen LogP contribution is 2.11. The second kappa shape index (κ2) is 6.50. The molecule has 1 amide bonds. The normalized spacial score (nSPS) is 10.6. The molecule has 0 spiro atoms. The third-order valence-electron chi connectivity index (χ3n) is 2.64. The van der Waals surface area contributed by atoms with Gasteiger partial charge in [-0.1, -0.05) is 24.3 Å². The van der Waals surface area contributed by atoms with E-state index >= 15 is 0 Å². The van der Waals surface area contributed by atoms with E-state index in [-0.39, 0.29) is 5.91 Å². The van der Waals surface area contributed by atoms with Gasteiger partial charge in [0.05, 0.1) is 0 Å². The minimum atomic E-state index is -0.0546. The lowest BCUT2D eigenvalue weighted by Crippen LogP contribution is -2.05. The molecule has 1 aromatic heterocycles. The molecular formula is C16H16N2O. The van der Waals surface area contributed by atoms with Crippen molar-refractivity contribution >= 4 is 17.7 Å². The van der Waals surface area contributed by atoms with Crippen molar-refractivity contribution in [2.24, 2.45) is 0 Å². The summed E-state index contributed by atoms with van der Waals surface area (Å²) >= 11 is 0. The minimum absolute atomic E-state index is 0.0546. The van der Waals surface area contributed by atoms with Crippen molar-refractivity contribution in [2.75, 3.05) is 5.32 Å². The third kappa shape index (κ3) is 4.39. The van der Waals surface area contributed by atoms with Crippen molar-refractivity contribution < 1.29 is 4.79 Å². The lowest BCUT2D eigenvalue weighted by Gasteiger charge is -2.01. The summed E-state index contributed by atoms with van der Waals surface area (Å²) in [7, 11) is 0. The minimum Gasteiger partial charge on any atom is -0.326 e. The topological polar surface area (TPSA) is 42.0 Å². The summed E-state index contributed by atoms with van der Waals surface area (Å²) in [6, 6.07) is 11.8. The Hall–Kier alpha value is -2.42. The van der Waals surface area contributed by atoms with Gasteiger partial charge in [-0.05, 0) is 41.8 Å². The maximum Gasteiger partial charge on any atom is 0.221 e. The van der Waals surface area contributed by atoms with Gasteiger partial charge in [0.15, 0.2) is 0 Å². The van der Waals surface area contributed by atoms with Crippen LogP contribution in [0, 0.1) is 0 Å². The number of carbonyl (C=O) groups excluding carboxylic acids is 1. The highest BCUT2D eigenvalue weighted by atomic mass is 16.1. The Morgan fingerprint density at radius 2 is 1.84 bits per heavy atom. The molecule has 19 heavy (non-hydrogen) atoms. The average molecular weight is 252 g/mol. The zero-order chi connectivity index (χ0) is 13.5. The molecular weight excluding hydrogens is 236 g/mol. The van der Waals surface area contributed by atoms with Gasteiger partial charge in [-0.25, -0.2) is 0 Å². The lowest BCUT2D eigenvalue weighted by molar-refractivity contribution is -0.114. The number of rotatable bonds is 4. The Labute approximate surface area is 113 Å². The zero-order valence-corrected chi connectivity index (χ0v) is 10.8. The molecule has 2 rings (SSSR count). The van der Waals surface area contributed by atoms with Crippen LogP contribution >= 0.6 is 0 Å². The van der Waals surface area contributed by atoms with Crippen LogP contribution in [0.5, 0.6) is 0 Å². The van der Waals surface area contributed by atoms with Crippen LogP contribution in [-0.4, -0.2) is 10.9 Å². The Bertz CT molecular complexity index is 559. The molecule has 0 unspecified atom stereocenters. The van der Waals surface area contributed by atoms with Gasteiger partial charge in [-0.3, -0.25) is 9.78 Å². The molecule has 0 aliphatic rings. The average Bonchev–Trinajstić information content (AvgIpc) is 2.41. The van der Waals surface area contributed by atoms with E-state index < -0.39 is 0 Å². The van der Waals surface area contributed by atoms with Crippen molar-refractivity contribution in [1.29, 1.82) is 0 Å². The quantitative estimate of drug-likeness (QED) is 0.907. The van der Waals surface area contributed by atoms with Crippen molar-refractivity contribution in [1.82, 2.24) is 4.98 Å². The lowest BCUT2D eigenvalue weighted by atomic mass is 10.1. The molecule has 2 aromatic rings. The van der Waals surface area contributed by atoms with Crippen molar-refractivity contribution in [3.05, 3.63) is 66.0 Å². The van der Waals surface area contributed by atoms with Crippen LogP contribution in [0.15, 0.2) is 54.9 Å². The molecule has 0 atom stereocenters. The van der Waals surface area contributed by atoms with E-state index in [1.807, 2.05) is 36.4 Å². The number of carbonyl (C=O) groups is 1. The largest absolute Gasteiger partial charge is 0.326 e. The van der Waals surface area contributed by atoms with E-state index in [1.54, 1.807) is 12.4 Å². The first-order valence-corrected chi connectivity index (χ1v) is 6.17. The number of hydrogen-bond donors (Lipinski definition) is 1. The smallest absolute Gasteiger partial charge is 0.221 e. The van der Waals surface area contributed by atoms with Crippen LogP contribution in [0.1, 0.15) is 18.1 Å². The zero-order valence-electron chi connectivity index (χ0n) is 10.8. The first kappa shape index (κ1) is 13.0. The summed E-state index contributed by atoms with van der Waals surface area (Å²) in [5, 5.41) is 2.74. The monoisotopic (exact) mass is 252 g/mol. The predicted octanol–water partition coefficient (Wildman–Crippen LogP) is 3.30. The number of amides is 1. The summed E-state index contributed by atoms with van der Waals surface area (Å²) in [6.45, 7) is 1.50. The van der Waals surface area contributed by atoms with Crippen molar-refractivity contribution in [3.8, 4) is 0 Å². The van der Waals surface area contributed by atoms with E-state index in [4.69, 9.17) is 0 Å². The number of allylic oxidation sites excluding steroid dienone is 1. The number of aromatic nitrogens is 1. The Balaban J connectivity index is 1.94. The van der Waals surface area contributed by atoms with E-state index in [9.17, 15) is 4.79 Å². The number of nitrogens with one attached hydrogen (secondary N) is 1. The molecule has 96 valence electrons. The summed E-state index contributed by atoms with van der Waals surface area (Å²) < 4.78 is 0. The van der Waals surface area contributed by atoms with E-state index in [2.05, 4.69) is 22.5 Å². The predicted molar refractivity (Wildman–Crippen MR) is 77.7 cm³/mol. The molecule has 0 fully saturated rings. The number of benzene rings is 1. The van der Waals surface area contributed by atoms with Gasteiger partial charge >= 0.3 is 0 Å². The fourth-order valence-corrected chi connectivity index (χ4v) is 1.73.